The van der Waals surface area contributed by atoms with E-state index in [4.69, 9.17) is 36.9 Å². The Kier molecular flexibility index (Phi) is 8.12. The molecule has 3 N–H and O–H groups in total. The van der Waals surface area contributed by atoms with Crippen LogP contribution >= 0.6 is 12.2 Å². The molecule has 0 spiro atoms. The van der Waals surface area contributed by atoms with Gasteiger partial charge in [0.1, 0.15) is 23.9 Å². The Labute approximate surface area is 255 Å². The number of hydrogen-bond donors (Lipinski definition) is 2. The molecule has 3 heterocycles. The zero-order valence-electron chi connectivity index (χ0n) is 22.9. The number of carbonyl (C=O) groups is 3. The lowest BCUT2D eigenvalue weighted by atomic mass is 10.1. The number of ether oxygens (including phenoxy) is 4. The lowest BCUT2D eigenvalue weighted by Crippen LogP contribution is -2.41. The van der Waals surface area contributed by atoms with Crippen LogP contribution in [-0.4, -0.2) is 62.3 Å². The Morgan fingerprint density at radius 2 is 1.34 bits per heavy atom. The number of fused-ring (bicyclic) bond motifs is 1. The van der Waals surface area contributed by atoms with Crippen LogP contribution in [0.2, 0.25) is 0 Å². The molecule has 0 aliphatic carbocycles. The number of nitrogens with zero attached hydrogens (tertiary/aromatic N) is 3. The average Bonchev–Trinajstić information content (AvgIpc) is 3.62. The number of nitrogen functional groups attached to an aromatic ring is 1. The second kappa shape index (κ2) is 12.5. The van der Waals surface area contributed by atoms with Crippen LogP contribution in [0.3, 0.4) is 0 Å². The number of rotatable bonds is 8. The summed E-state index contributed by atoms with van der Waals surface area (Å²) in [5.74, 6) is -1.96. The normalized spacial score (nSPS) is 19.4. The van der Waals surface area contributed by atoms with Crippen LogP contribution in [0.1, 0.15) is 37.3 Å². The van der Waals surface area contributed by atoms with Crippen molar-refractivity contribution in [2.45, 2.75) is 24.5 Å². The van der Waals surface area contributed by atoms with Gasteiger partial charge in [-0.15, -0.1) is 0 Å². The molecule has 2 aromatic heterocycles. The highest BCUT2D eigenvalue weighted by Gasteiger charge is 2.51. The third-order valence-corrected chi connectivity index (χ3v) is 7.20. The van der Waals surface area contributed by atoms with E-state index >= 15 is 0 Å². The van der Waals surface area contributed by atoms with Crippen molar-refractivity contribution in [1.29, 1.82) is 0 Å². The molecule has 12 nitrogen and oxygen atoms in total. The second-order valence-electron chi connectivity index (χ2n) is 9.78. The molecule has 0 bridgehead atoms. The van der Waals surface area contributed by atoms with Crippen LogP contribution in [0, 0.1) is 4.64 Å². The maximum atomic E-state index is 13.4. The molecule has 0 unspecified atom stereocenters. The summed E-state index contributed by atoms with van der Waals surface area (Å²) in [5.41, 5.74) is 7.45. The Balaban J connectivity index is 1.39. The predicted molar refractivity (Wildman–Crippen MR) is 159 cm³/mol. The Morgan fingerprint density at radius 1 is 0.818 bits per heavy atom. The maximum absolute atomic E-state index is 13.4. The molecule has 4 atom stereocenters. The van der Waals surface area contributed by atoms with Gasteiger partial charge in [-0.1, -0.05) is 66.8 Å². The summed E-state index contributed by atoms with van der Waals surface area (Å²) in [6.45, 7) is -0.331. The van der Waals surface area contributed by atoms with Crippen LogP contribution < -0.4 is 5.73 Å². The van der Waals surface area contributed by atoms with E-state index in [1.54, 1.807) is 91.0 Å². The van der Waals surface area contributed by atoms with Gasteiger partial charge >= 0.3 is 17.9 Å². The van der Waals surface area contributed by atoms with E-state index in [0.29, 0.717) is 16.7 Å². The summed E-state index contributed by atoms with van der Waals surface area (Å²) in [5, 5.41) is 0. The number of aromatic nitrogens is 4. The number of hydrogen-bond acceptors (Lipinski definition) is 11. The standard InChI is InChI=1S/C31H25N5O7S/c32-31-34-25-22(26(44)35-31)33-17-36(25)27-24(43-30(39)20-14-8-3-9-15-20)23(42-29(38)19-12-6-2-7-13-19)21(41-27)16-40-28(37)18-10-4-1-5-11-18/h1-15,17,21,23-24,27H,16H2,(H3,32,34,35,44)/t21-,23-,24-,27-/m1/s1. The summed E-state index contributed by atoms with van der Waals surface area (Å²) in [6.07, 6.45) is -3.21. The summed E-state index contributed by atoms with van der Waals surface area (Å²) in [4.78, 5) is 50.8. The number of imidazole rings is 1. The van der Waals surface area contributed by atoms with E-state index in [-0.39, 0.29) is 28.3 Å². The molecule has 6 rings (SSSR count). The van der Waals surface area contributed by atoms with E-state index in [1.165, 1.54) is 10.9 Å². The SMILES string of the molecule is Nc1nc(=S)c2ncn([C@@H]3O[C@H](COC(=O)c4ccccc4)[C@@H](OC(=O)c4ccccc4)[C@H]3OC(=O)c3ccccc3)c2[nH]1. The fraction of sp³-hybridized carbons (Fsp3) is 0.161. The first-order valence-corrected chi connectivity index (χ1v) is 13.9. The Hall–Kier alpha value is -5.40. The molecule has 0 radical (unpaired) electrons. The number of H-pyrrole nitrogens is 1. The first-order chi connectivity index (χ1) is 21.4. The van der Waals surface area contributed by atoms with Crippen molar-refractivity contribution >= 4 is 47.2 Å². The number of aromatic amines is 1. The van der Waals surface area contributed by atoms with Gasteiger partial charge in [0.05, 0.1) is 23.0 Å². The Bertz CT molecular complexity index is 1860. The molecule has 0 saturated carbocycles. The first-order valence-electron chi connectivity index (χ1n) is 13.5. The molecular weight excluding hydrogens is 586 g/mol. The lowest BCUT2D eigenvalue weighted by Gasteiger charge is -2.25. The predicted octanol–water partition coefficient (Wildman–Crippen LogP) is 4.28. The van der Waals surface area contributed by atoms with Gasteiger partial charge in [-0.3, -0.25) is 4.57 Å². The highest BCUT2D eigenvalue weighted by molar-refractivity contribution is 7.71. The lowest BCUT2D eigenvalue weighted by molar-refractivity contribution is -0.0606. The number of benzene rings is 3. The first kappa shape index (κ1) is 28.7. The van der Waals surface area contributed by atoms with Crippen molar-refractivity contribution in [3.05, 3.63) is 119 Å². The minimum atomic E-state index is -1.23. The number of carbonyl (C=O) groups excluding carboxylic acids is 3. The highest BCUT2D eigenvalue weighted by atomic mass is 32.1. The molecule has 222 valence electrons. The van der Waals surface area contributed by atoms with Gasteiger partial charge in [0.25, 0.3) is 0 Å². The molecular formula is C31H25N5O7S. The number of nitrogens with two attached hydrogens (primary N) is 1. The number of nitrogens with one attached hydrogen (secondary N) is 1. The van der Waals surface area contributed by atoms with Gasteiger partial charge in [0, 0.05) is 0 Å². The fourth-order valence-corrected chi connectivity index (χ4v) is 5.07. The smallest absolute Gasteiger partial charge is 0.338 e. The molecule has 13 heteroatoms. The van der Waals surface area contributed by atoms with E-state index in [0.717, 1.165) is 0 Å². The van der Waals surface area contributed by atoms with Gasteiger partial charge in [-0.25, -0.2) is 24.4 Å². The van der Waals surface area contributed by atoms with Gasteiger partial charge in [0.2, 0.25) is 0 Å². The fourth-order valence-electron chi connectivity index (χ4n) is 4.83. The number of anilines is 1. The summed E-state index contributed by atoms with van der Waals surface area (Å²) >= 11 is 5.33. The van der Waals surface area contributed by atoms with E-state index in [1.807, 2.05) is 0 Å². The average molecular weight is 612 g/mol. The minimum Gasteiger partial charge on any atom is -0.459 e. The topological polar surface area (TPSA) is 161 Å². The van der Waals surface area contributed by atoms with Crippen LogP contribution in [0.4, 0.5) is 5.95 Å². The van der Waals surface area contributed by atoms with Crippen LogP contribution in [0.15, 0.2) is 97.3 Å². The molecule has 1 aliphatic rings. The van der Waals surface area contributed by atoms with Crippen LogP contribution in [0.5, 0.6) is 0 Å². The maximum Gasteiger partial charge on any atom is 0.338 e. The highest BCUT2D eigenvalue weighted by Crippen LogP contribution is 2.37. The second-order valence-corrected chi connectivity index (χ2v) is 10.2. The van der Waals surface area contributed by atoms with Gasteiger partial charge in [0.15, 0.2) is 29.0 Å². The molecule has 44 heavy (non-hydrogen) atoms. The van der Waals surface area contributed by atoms with Crippen LogP contribution in [0.25, 0.3) is 11.2 Å². The molecule has 1 saturated heterocycles. The summed E-state index contributed by atoms with van der Waals surface area (Å²) in [6, 6.07) is 25.0. The van der Waals surface area contributed by atoms with E-state index in [2.05, 4.69) is 15.0 Å². The zero-order chi connectivity index (χ0) is 30.6. The van der Waals surface area contributed by atoms with Crippen molar-refractivity contribution in [2.24, 2.45) is 0 Å². The van der Waals surface area contributed by atoms with Crippen LogP contribution in [-0.2, 0) is 18.9 Å². The van der Waals surface area contributed by atoms with Crippen molar-refractivity contribution < 1.29 is 33.3 Å². The molecule has 0 amide bonds. The van der Waals surface area contributed by atoms with Crippen molar-refractivity contribution in [1.82, 2.24) is 19.5 Å². The third kappa shape index (κ3) is 5.91. The minimum absolute atomic E-state index is 0.0282. The van der Waals surface area contributed by atoms with E-state index in [9.17, 15) is 14.4 Å². The zero-order valence-corrected chi connectivity index (χ0v) is 23.8. The van der Waals surface area contributed by atoms with Gasteiger partial charge in [-0.05, 0) is 36.4 Å². The summed E-state index contributed by atoms with van der Waals surface area (Å²) in [7, 11) is 0. The van der Waals surface area contributed by atoms with Gasteiger partial charge < -0.3 is 29.7 Å². The van der Waals surface area contributed by atoms with Crippen molar-refractivity contribution in [3.8, 4) is 0 Å². The molecule has 3 aromatic carbocycles. The van der Waals surface area contributed by atoms with Gasteiger partial charge in [-0.2, -0.15) is 0 Å². The largest absolute Gasteiger partial charge is 0.459 e. The third-order valence-electron chi connectivity index (χ3n) is 6.92. The van der Waals surface area contributed by atoms with Crippen molar-refractivity contribution in [3.63, 3.8) is 0 Å². The van der Waals surface area contributed by atoms with Crippen molar-refractivity contribution in [2.75, 3.05) is 12.3 Å². The molecule has 1 fully saturated rings. The molecule has 5 aromatic rings. The van der Waals surface area contributed by atoms with E-state index < -0.39 is 42.4 Å². The molecule has 1 aliphatic heterocycles. The number of esters is 3. The Morgan fingerprint density at radius 3 is 1.91 bits per heavy atom. The monoisotopic (exact) mass is 611 g/mol. The summed E-state index contributed by atoms with van der Waals surface area (Å²) < 4.78 is 25.6. The quantitative estimate of drug-likeness (QED) is 0.146.